The van der Waals surface area contributed by atoms with Crippen molar-refractivity contribution in [1.29, 1.82) is 0 Å². The van der Waals surface area contributed by atoms with Crippen LogP contribution in [-0.2, 0) is 11.3 Å². The number of amides is 1. The number of carbonyl (C=O) groups is 1. The van der Waals surface area contributed by atoms with Crippen molar-refractivity contribution in [2.75, 3.05) is 0 Å². The van der Waals surface area contributed by atoms with Crippen LogP contribution in [0.1, 0.15) is 11.3 Å². The molecule has 1 aliphatic heterocycles. The third-order valence-electron chi connectivity index (χ3n) is 4.07. The molecule has 3 aromatic rings. The van der Waals surface area contributed by atoms with Crippen LogP contribution in [0.2, 0.25) is 0 Å². The van der Waals surface area contributed by atoms with Gasteiger partial charge in [0.15, 0.2) is 0 Å². The number of nitrogens with zero attached hydrogens (tertiary/aromatic N) is 1. The summed E-state index contributed by atoms with van der Waals surface area (Å²) in [5.41, 5.74) is 1.66. The highest BCUT2D eigenvalue weighted by Gasteiger charge is 2.32. The van der Waals surface area contributed by atoms with Gasteiger partial charge in [0, 0.05) is 11.6 Å². The predicted octanol–water partition coefficient (Wildman–Crippen LogP) is 5.49. The molecule has 134 valence electrons. The quantitative estimate of drug-likeness (QED) is 0.432. The Hall–Kier alpha value is -2.70. The van der Waals surface area contributed by atoms with Crippen molar-refractivity contribution in [2.45, 2.75) is 6.54 Å². The van der Waals surface area contributed by atoms with Gasteiger partial charge in [-0.1, -0.05) is 66.4 Å². The Kier molecular flexibility index (Phi) is 4.92. The van der Waals surface area contributed by atoms with Crippen LogP contribution in [0.3, 0.4) is 0 Å². The summed E-state index contributed by atoms with van der Waals surface area (Å²) < 4.78 is 19.7. The summed E-state index contributed by atoms with van der Waals surface area (Å²) in [6.07, 6.45) is 1.67. The molecule has 3 nitrogen and oxygen atoms in total. The fourth-order valence-electron chi connectivity index (χ4n) is 2.76. The summed E-state index contributed by atoms with van der Waals surface area (Å²) in [4.78, 5) is 14.8. The summed E-state index contributed by atoms with van der Waals surface area (Å²) >= 11 is 6.61. The van der Waals surface area contributed by atoms with Crippen molar-refractivity contribution < 1.29 is 13.6 Å². The lowest BCUT2D eigenvalue weighted by molar-refractivity contribution is -0.122. The zero-order valence-corrected chi connectivity index (χ0v) is 15.7. The number of hydrogen-bond acceptors (Lipinski definition) is 4. The fraction of sp³-hybridized carbons (Fsp3) is 0.0476. The molecule has 0 spiro atoms. The zero-order valence-electron chi connectivity index (χ0n) is 14.1. The second-order valence-electron chi connectivity index (χ2n) is 5.97. The number of carbonyl (C=O) groups excluding carboxylic acids is 1. The largest absolute Gasteiger partial charge is 0.457 e. The van der Waals surface area contributed by atoms with Crippen LogP contribution in [0.5, 0.6) is 0 Å². The third-order valence-corrected chi connectivity index (χ3v) is 5.44. The van der Waals surface area contributed by atoms with Crippen LogP contribution in [0.25, 0.3) is 17.4 Å². The van der Waals surface area contributed by atoms with E-state index in [1.807, 2.05) is 30.3 Å². The number of thiocarbonyl (C=S) groups is 1. The first-order valence-electron chi connectivity index (χ1n) is 8.25. The van der Waals surface area contributed by atoms with Gasteiger partial charge in [-0.15, -0.1) is 0 Å². The molecule has 1 aliphatic rings. The lowest BCUT2D eigenvalue weighted by Crippen LogP contribution is -2.27. The number of hydrogen-bond donors (Lipinski definition) is 0. The molecule has 2 heterocycles. The SMILES string of the molecule is O=C1/C(=C\c2ccc(-c3cccc(F)c3)o2)SC(=S)N1Cc1ccccc1. The van der Waals surface area contributed by atoms with Crippen LogP contribution in [0.4, 0.5) is 4.39 Å². The smallest absolute Gasteiger partial charge is 0.266 e. The number of halogens is 1. The molecule has 0 atom stereocenters. The molecule has 27 heavy (non-hydrogen) atoms. The molecular formula is C21H14FNO2S2. The first-order valence-corrected chi connectivity index (χ1v) is 9.48. The molecule has 0 aliphatic carbocycles. The maximum Gasteiger partial charge on any atom is 0.266 e. The van der Waals surface area contributed by atoms with E-state index in [-0.39, 0.29) is 11.7 Å². The van der Waals surface area contributed by atoms with E-state index in [4.69, 9.17) is 16.6 Å². The number of furan rings is 1. The minimum atomic E-state index is -0.327. The second kappa shape index (κ2) is 7.50. The number of thioether (sulfide) groups is 1. The van der Waals surface area contributed by atoms with Gasteiger partial charge >= 0.3 is 0 Å². The van der Waals surface area contributed by atoms with Gasteiger partial charge in [0.1, 0.15) is 21.7 Å². The molecule has 0 N–H and O–H groups in total. The Bertz CT molecular complexity index is 1040. The average Bonchev–Trinajstić information content (AvgIpc) is 3.23. The highest BCUT2D eigenvalue weighted by molar-refractivity contribution is 8.26. The van der Waals surface area contributed by atoms with Gasteiger partial charge in [-0.25, -0.2) is 4.39 Å². The molecule has 4 rings (SSSR count). The van der Waals surface area contributed by atoms with Crippen LogP contribution < -0.4 is 0 Å². The van der Waals surface area contributed by atoms with Crippen molar-refractivity contribution >= 4 is 40.3 Å². The summed E-state index contributed by atoms with van der Waals surface area (Å²) in [5, 5.41) is 0. The molecule has 0 saturated carbocycles. The number of rotatable bonds is 4. The van der Waals surface area contributed by atoms with E-state index < -0.39 is 0 Å². The Balaban J connectivity index is 1.54. The number of benzene rings is 2. The zero-order chi connectivity index (χ0) is 18.8. The highest BCUT2D eigenvalue weighted by atomic mass is 32.2. The minimum Gasteiger partial charge on any atom is -0.457 e. The van der Waals surface area contributed by atoms with Crippen LogP contribution in [0, 0.1) is 5.82 Å². The molecule has 1 amide bonds. The summed E-state index contributed by atoms with van der Waals surface area (Å²) in [6, 6.07) is 19.4. The van der Waals surface area contributed by atoms with E-state index in [1.165, 1.54) is 23.9 Å². The molecule has 6 heteroatoms. The second-order valence-corrected chi connectivity index (χ2v) is 7.64. The predicted molar refractivity (Wildman–Crippen MR) is 109 cm³/mol. The summed E-state index contributed by atoms with van der Waals surface area (Å²) in [5.74, 6) is 0.597. The standard InChI is InChI=1S/C21H14FNO2S2/c22-16-8-4-7-15(11-16)18-10-9-17(25-18)12-19-20(24)23(21(26)27-19)13-14-5-2-1-3-6-14/h1-12H,13H2/b19-12+. The van der Waals surface area contributed by atoms with Crippen LogP contribution >= 0.6 is 24.0 Å². The van der Waals surface area contributed by atoms with Gasteiger partial charge in [0.05, 0.1) is 11.4 Å². The Morgan fingerprint density at radius 1 is 1.07 bits per heavy atom. The molecule has 2 aromatic carbocycles. The molecule has 1 fully saturated rings. The van der Waals surface area contributed by atoms with Crippen molar-refractivity contribution in [3.05, 3.63) is 88.8 Å². The molecule has 0 bridgehead atoms. The Morgan fingerprint density at radius 2 is 1.89 bits per heavy atom. The van der Waals surface area contributed by atoms with E-state index in [1.54, 1.807) is 35.2 Å². The van der Waals surface area contributed by atoms with Crippen LogP contribution in [-0.4, -0.2) is 15.1 Å². The van der Waals surface area contributed by atoms with Crippen molar-refractivity contribution in [2.24, 2.45) is 0 Å². The highest BCUT2D eigenvalue weighted by Crippen LogP contribution is 2.34. The lowest BCUT2D eigenvalue weighted by Gasteiger charge is -2.14. The molecule has 0 radical (unpaired) electrons. The van der Waals surface area contributed by atoms with Crippen LogP contribution in [0.15, 0.2) is 76.1 Å². The molecular weight excluding hydrogens is 381 g/mol. The maximum absolute atomic E-state index is 13.4. The average molecular weight is 395 g/mol. The normalized spacial score (nSPS) is 15.7. The van der Waals surface area contributed by atoms with Gasteiger partial charge < -0.3 is 4.42 Å². The summed E-state index contributed by atoms with van der Waals surface area (Å²) in [6.45, 7) is 0.440. The van der Waals surface area contributed by atoms with Crippen molar-refractivity contribution in [3.8, 4) is 11.3 Å². The first-order chi connectivity index (χ1) is 13.1. The van der Waals surface area contributed by atoms with Gasteiger partial charge in [-0.2, -0.15) is 0 Å². The van der Waals surface area contributed by atoms with E-state index in [0.717, 1.165) is 5.56 Å². The van der Waals surface area contributed by atoms with E-state index in [2.05, 4.69) is 0 Å². The molecule has 1 aromatic heterocycles. The fourth-order valence-corrected chi connectivity index (χ4v) is 3.99. The van der Waals surface area contributed by atoms with E-state index in [0.29, 0.717) is 32.9 Å². The Morgan fingerprint density at radius 3 is 2.67 bits per heavy atom. The summed E-state index contributed by atoms with van der Waals surface area (Å²) in [7, 11) is 0. The monoisotopic (exact) mass is 395 g/mol. The van der Waals surface area contributed by atoms with Crippen molar-refractivity contribution in [3.63, 3.8) is 0 Å². The molecule has 1 saturated heterocycles. The van der Waals surface area contributed by atoms with Gasteiger partial charge in [-0.05, 0) is 29.8 Å². The van der Waals surface area contributed by atoms with Gasteiger partial charge in [0.25, 0.3) is 5.91 Å². The van der Waals surface area contributed by atoms with Gasteiger partial charge in [0.2, 0.25) is 0 Å². The minimum absolute atomic E-state index is 0.141. The van der Waals surface area contributed by atoms with Crippen molar-refractivity contribution in [1.82, 2.24) is 4.90 Å². The van der Waals surface area contributed by atoms with Gasteiger partial charge in [-0.3, -0.25) is 9.69 Å². The third kappa shape index (κ3) is 3.86. The first kappa shape index (κ1) is 17.7. The van der Waals surface area contributed by atoms with E-state index >= 15 is 0 Å². The lowest BCUT2D eigenvalue weighted by atomic mass is 10.2. The molecule has 0 unspecified atom stereocenters. The topological polar surface area (TPSA) is 33.5 Å². The van der Waals surface area contributed by atoms with E-state index in [9.17, 15) is 9.18 Å². The Labute approximate surface area is 165 Å². The maximum atomic E-state index is 13.4.